The Bertz CT molecular complexity index is 1360. The molecule has 9 heteroatoms. The topological polar surface area (TPSA) is 70.7 Å². The second kappa shape index (κ2) is 7.99. The first-order chi connectivity index (χ1) is 15.9. The molecule has 2 unspecified atom stereocenters. The van der Waals surface area contributed by atoms with Gasteiger partial charge >= 0.3 is 5.97 Å². The average Bonchev–Trinajstić information content (AvgIpc) is 3.31. The summed E-state index contributed by atoms with van der Waals surface area (Å²) in [4.78, 5) is 16.4. The van der Waals surface area contributed by atoms with Crippen molar-refractivity contribution >= 4 is 11.6 Å². The lowest BCUT2D eigenvalue weighted by Gasteiger charge is -2.11. The van der Waals surface area contributed by atoms with Gasteiger partial charge in [0.15, 0.2) is 11.4 Å². The molecule has 0 spiro atoms. The minimum atomic E-state index is -0.656. The molecule has 1 aliphatic carbocycles. The number of imidazole rings is 1. The van der Waals surface area contributed by atoms with E-state index in [1.165, 1.54) is 25.3 Å². The highest BCUT2D eigenvalue weighted by Gasteiger charge is 2.46. The van der Waals surface area contributed by atoms with E-state index in [0.717, 1.165) is 22.5 Å². The van der Waals surface area contributed by atoms with Crippen LogP contribution < -0.4 is 4.74 Å². The highest BCUT2D eigenvalue weighted by Crippen LogP contribution is 2.44. The van der Waals surface area contributed by atoms with Gasteiger partial charge in [0.2, 0.25) is 0 Å². The lowest BCUT2D eigenvalue weighted by Crippen LogP contribution is -2.07. The van der Waals surface area contributed by atoms with Crippen LogP contribution in [0, 0.1) is 31.4 Å². The number of esters is 1. The Kier molecular flexibility index (Phi) is 5.11. The van der Waals surface area contributed by atoms with Crippen molar-refractivity contribution < 1.29 is 23.0 Å². The van der Waals surface area contributed by atoms with Crippen molar-refractivity contribution in [2.24, 2.45) is 5.92 Å². The Balaban J connectivity index is 1.48. The van der Waals surface area contributed by atoms with E-state index in [1.807, 2.05) is 30.6 Å². The summed E-state index contributed by atoms with van der Waals surface area (Å²) in [6.45, 7) is 3.53. The zero-order valence-electron chi connectivity index (χ0n) is 18.4. The molecule has 3 aromatic heterocycles. The number of ether oxygens (including phenoxy) is 2. The van der Waals surface area contributed by atoms with Gasteiger partial charge in [-0.1, -0.05) is 6.07 Å². The standard InChI is InChI=1S/C24H22F2N4O3/c1-13-7-21(33-12-17-18(25)5-4-6-19(17)26)23-28-14(2)22(29(23)10-13)15-9-27-30(11-15)20-8-16(20)24(31)32-3/h4-7,9-11,16,20H,8,12H2,1-3H3. The fourth-order valence-corrected chi connectivity index (χ4v) is 4.15. The van der Waals surface area contributed by atoms with Gasteiger partial charge in [-0.15, -0.1) is 0 Å². The molecule has 0 radical (unpaired) electrons. The molecule has 0 N–H and O–H groups in total. The fraction of sp³-hybridized carbons (Fsp3) is 0.292. The molecular weight excluding hydrogens is 430 g/mol. The van der Waals surface area contributed by atoms with Crippen molar-refractivity contribution in [3.05, 3.63) is 71.3 Å². The van der Waals surface area contributed by atoms with Crippen LogP contribution in [0.3, 0.4) is 0 Å². The third kappa shape index (κ3) is 3.73. The summed E-state index contributed by atoms with van der Waals surface area (Å²) < 4.78 is 42.4. The number of hydrogen-bond acceptors (Lipinski definition) is 5. The summed E-state index contributed by atoms with van der Waals surface area (Å²) in [7, 11) is 1.39. The molecule has 0 saturated heterocycles. The number of pyridine rings is 1. The number of carbonyl (C=O) groups is 1. The Morgan fingerprint density at radius 2 is 1.97 bits per heavy atom. The summed E-state index contributed by atoms with van der Waals surface area (Å²) in [5, 5.41) is 4.44. The minimum Gasteiger partial charge on any atom is -0.485 e. The van der Waals surface area contributed by atoms with Gasteiger partial charge in [-0.3, -0.25) is 13.9 Å². The normalized spacial score (nSPS) is 17.4. The summed E-state index contributed by atoms with van der Waals surface area (Å²) in [6, 6.07) is 5.50. The van der Waals surface area contributed by atoms with E-state index in [2.05, 4.69) is 10.1 Å². The van der Waals surface area contributed by atoms with Crippen LogP contribution in [0.2, 0.25) is 0 Å². The fourth-order valence-electron chi connectivity index (χ4n) is 4.15. The van der Waals surface area contributed by atoms with Gasteiger partial charge in [0.05, 0.1) is 42.2 Å². The highest BCUT2D eigenvalue weighted by atomic mass is 19.1. The number of methoxy groups -OCH3 is 1. The number of rotatable bonds is 6. The number of halogens is 2. The minimum absolute atomic E-state index is 0.0120. The largest absolute Gasteiger partial charge is 0.485 e. The molecule has 1 aliphatic rings. The van der Waals surface area contributed by atoms with Crippen LogP contribution in [-0.4, -0.2) is 32.2 Å². The predicted molar refractivity (Wildman–Crippen MR) is 116 cm³/mol. The molecule has 1 saturated carbocycles. The van der Waals surface area contributed by atoms with Crippen LogP contribution in [0.15, 0.2) is 42.9 Å². The van der Waals surface area contributed by atoms with Gasteiger partial charge in [0.1, 0.15) is 18.2 Å². The second-order valence-electron chi connectivity index (χ2n) is 8.25. The molecular formula is C24H22F2N4O3. The van der Waals surface area contributed by atoms with Crippen LogP contribution in [0.5, 0.6) is 5.75 Å². The van der Waals surface area contributed by atoms with Gasteiger partial charge in [-0.05, 0) is 44.0 Å². The maximum absolute atomic E-state index is 14.0. The van der Waals surface area contributed by atoms with Gasteiger partial charge in [-0.25, -0.2) is 13.8 Å². The van der Waals surface area contributed by atoms with Crippen molar-refractivity contribution in [3.8, 4) is 17.0 Å². The van der Waals surface area contributed by atoms with E-state index in [-0.39, 0.29) is 30.1 Å². The van der Waals surface area contributed by atoms with Crippen LogP contribution in [0.1, 0.15) is 29.3 Å². The first-order valence-corrected chi connectivity index (χ1v) is 10.5. The van der Waals surface area contributed by atoms with E-state index in [0.29, 0.717) is 17.8 Å². The number of hydrogen-bond donors (Lipinski definition) is 0. The van der Waals surface area contributed by atoms with Crippen molar-refractivity contribution in [3.63, 3.8) is 0 Å². The first-order valence-electron chi connectivity index (χ1n) is 10.5. The average molecular weight is 452 g/mol. The van der Waals surface area contributed by atoms with Gasteiger partial charge in [-0.2, -0.15) is 5.10 Å². The van der Waals surface area contributed by atoms with Crippen molar-refractivity contribution in [2.75, 3.05) is 7.11 Å². The van der Waals surface area contributed by atoms with Gasteiger partial charge in [0.25, 0.3) is 0 Å². The Morgan fingerprint density at radius 3 is 2.70 bits per heavy atom. The zero-order valence-corrected chi connectivity index (χ0v) is 18.4. The van der Waals surface area contributed by atoms with E-state index in [4.69, 9.17) is 9.47 Å². The lowest BCUT2D eigenvalue weighted by atomic mass is 10.2. The molecule has 1 aromatic carbocycles. The number of fused-ring (bicyclic) bond motifs is 1. The van der Waals surface area contributed by atoms with Gasteiger partial charge in [0, 0.05) is 18.0 Å². The molecule has 2 atom stereocenters. The molecule has 7 nitrogen and oxygen atoms in total. The van der Waals surface area contributed by atoms with Crippen molar-refractivity contribution in [2.45, 2.75) is 32.9 Å². The summed E-state index contributed by atoms with van der Waals surface area (Å²) in [5.41, 5.74) is 3.72. The van der Waals surface area contributed by atoms with Crippen molar-refractivity contribution in [1.82, 2.24) is 19.2 Å². The monoisotopic (exact) mass is 452 g/mol. The smallest absolute Gasteiger partial charge is 0.310 e. The highest BCUT2D eigenvalue weighted by molar-refractivity contribution is 5.76. The summed E-state index contributed by atoms with van der Waals surface area (Å²) in [6.07, 6.45) is 6.25. The maximum atomic E-state index is 14.0. The van der Waals surface area contributed by atoms with Gasteiger partial charge < -0.3 is 9.47 Å². The van der Waals surface area contributed by atoms with Crippen LogP contribution in [0.25, 0.3) is 16.9 Å². The van der Waals surface area contributed by atoms with Crippen LogP contribution in [0.4, 0.5) is 8.78 Å². The third-order valence-electron chi connectivity index (χ3n) is 5.91. The molecule has 33 heavy (non-hydrogen) atoms. The zero-order chi connectivity index (χ0) is 23.3. The number of aryl methyl sites for hydroxylation is 2. The molecule has 0 amide bonds. The van der Waals surface area contributed by atoms with E-state index < -0.39 is 11.6 Å². The van der Waals surface area contributed by atoms with E-state index in [9.17, 15) is 13.6 Å². The predicted octanol–water partition coefficient (Wildman–Crippen LogP) is 4.41. The number of aromatic nitrogens is 4. The molecule has 3 heterocycles. The number of carbonyl (C=O) groups excluding carboxylic acids is 1. The lowest BCUT2D eigenvalue weighted by molar-refractivity contribution is -0.142. The quantitative estimate of drug-likeness (QED) is 0.406. The van der Waals surface area contributed by atoms with Crippen molar-refractivity contribution in [1.29, 1.82) is 0 Å². The molecule has 4 aromatic rings. The van der Waals surface area contributed by atoms with E-state index in [1.54, 1.807) is 16.9 Å². The third-order valence-corrected chi connectivity index (χ3v) is 5.91. The first kappa shape index (κ1) is 21.1. The molecule has 5 rings (SSSR count). The molecule has 0 bridgehead atoms. The summed E-state index contributed by atoms with van der Waals surface area (Å²) in [5.74, 6) is -1.29. The molecule has 0 aliphatic heterocycles. The Hall–Kier alpha value is -3.75. The number of nitrogens with zero attached hydrogens (tertiary/aromatic N) is 4. The SMILES string of the molecule is COC(=O)C1CC1n1cc(-c2c(C)nc3c(OCc4c(F)cccc4F)cc(C)cn23)cn1. The van der Waals surface area contributed by atoms with E-state index >= 15 is 0 Å². The van der Waals surface area contributed by atoms with Crippen LogP contribution in [-0.2, 0) is 16.1 Å². The molecule has 170 valence electrons. The second-order valence-corrected chi connectivity index (χ2v) is 8.25. The summed E-state index contributed by atoms with van der Waals surface area (Å²) >= 11 is 0. The number of benzene rings is 1. The Morgan fingerprint density at radius 1 is 1.21 bits per heavy atom. The molecule has 1 fully saturated rings. The van der Waals surface area contributed by atoms with Crippen LogP contribution >= 0.6 is 0 Å². The Labute approximate surface area is 188 Å². The maximum Gasteiger partial charge on any atom is 0.310 e.